The van der Waals surface area contributed by atoms with Crippen molar-refractivity contribution in [1.82, 2.24) is 19.5 Å². The zero-order valence-electron chi connectivity index (χ0n) is 27.6. The number of fused-ring (bicyclic) bond motifs is 1. The van der Waals surface area contributed by atoms with Gasteiger partial charge >= 0.3 is 23.5 Å². The fourth-order valence-corrected chi connectivity index (χ4v) is 7.21. The van der Waals surface area contributed by atoms with Crippen LogP contribution in [0.4, 0.5) is 5.82 Å². The third-order valence-corrected chi connectivity index (χ3v) is 9.80. The van der Waals surface area contributed by atoms with Crippen LogP contribution in [0.3, 0.4) is 0 Å². The Morgan fingerprint density at radius 2 is 1.65 bits per heavy atom. The summed E-state index contributed by atoms with van der Waals surface area (Å²) in [5, 5.41) is 31.8. The number of nitrogens with two attached hydrogens (primary N) is 2. The van der Waals surface area contributed by atoms with Crippen molar-refractivity contribution < 1.29 is 90.8 Å². The third kappa shape index (κ3) is 8.12. The van der Waals surface area contributed by atoms with Gasteiger partial charge in [0.1, 0.15) is 50.7 Å². The number of amides is 1. The van der Waals surface area contributed by atoms with Crippen LogP contribution in [0.25, 0.3) is 11.2 Å². The maximum Gasteiger partial charge on any atom is 0.481 e. The lowest BCUT2D eigenvalue weighted by molar-refractivity contribution is -0.765. The van der Waals surface area contributed by atoms with Gasteiger partial charge in [0, 0.05) is 6.04 Å². The summed E-state index contributed by atoms with van der Waals surface area (Å²) in [6.07, 6.45) is -14.7. The van der Waals surface area contributed by atoms with Crippen LogP contribution >= 0.6 is 23.5 Å². The Labute approximate surface area is 273 Å². The number of rotatable bonds is 13. The molecule has 1 amide bonds. The van der Waals surface area contributed by atoms with E-state index < -0.39 is 122 Å². The van der Waals surface area contributed by atoms with Crippen LogP contribution in [0.2, 0.25) is 0 Å². The monoisotopic (exact) mass is 748 g/mol. The van der Waals surface area contributed by atoms with Crippen molar-refractivity contribution in [2.45, 2.75) is 49.1 Å². The van der Waals surface area contributed by atoms with E-state index in [9.17, 15) is 53.4 Å². The van der Waals surface area contributed by atoms with Gasteiger partial charge in [0.05, 0.1) is 22.3 Å². The summed E-state index contributed by atoms with van der Waals surface area (Å²) >= 11 is 0. The van der Waals surface area contributed by atoms with Crippen molar-refractivity contribution in [1.29, 1.82) is 0 Å². The number of aliphatic hydroxyl groups excluding tert-OH is 3. The maximum absolute atomic E-state index is 12.6. The zero-order valence-corrected chi connectivity index (χ0v) is 26.3. The van der Waals surface area contributed by atoms with E-state index in [1.807, 2.05) is 0 Å². The van der Waals surface area contributed by atoms with E-state index in [1.54, 1.807) is 0 Å². The number of phosphoric acid groups is 3. The van der Waals surface area contributed by atoms with E-state index in [2.05, 4.69) is 32.8 Å². The fourth-order valence-electron chi connectivity index (χ4n) is 4.57. The molecule has 0 aliphatic carbocycles. The van der Waals surface area contributed by atoms with Crippen LogP contribution in [-0.2, 0) is 41.1 Å². The first kappa shape index (κ1) is 31.1. The number of pyridine rings is 1. The van der Waals surface area contributed by atoms with Crippen molar-refractivity contribution in [3.63, 3.8) is 0 Å². The number of aliphatic hydroxyl groups is 3. The lowest BCUT2D eigenvalue weighted by Gasteiger charge is -2.22. The SMILES string of the molecule is [2H]c1c([2H])c([2H])[n+]([C@@H]2O[C@H](COP(=O)(O)OP(=O)(O)OC[C@H]3O[C@@H](n4cnc5c(N)ncnc54)[C@H](OP(=O)(O)O)[C@@H]3O)[C@@H](O)[C@H]2O)c([2H])c1C(N)=O. The van der Waals surface area contributed by atoms with Crippen molar-refractivity contribution in [3.05, 3.63) is 42.6 Å². The van der Waals surface area contributed by atoms with Gasteiger partial charge in [0.2, 0.25) is 0 Å². The van der Waals surface area contributed by atoms with Crippen LogP contribution in [0, 0.1) is 0 Å². The van der Waals surface area contributed by atoms with Gasteiger partial charge in [0.25, 0.3) is 12.1 Å². The number of carbonyl (C=O) groups is 1. The summed E-state index contributed by atoms with van der Waals surface area (Å²) in [5.74, 6) is -1.41. The van der Waals surface area contributed by atoms with Crippen LogP contribution in [-0.4, -0.2) is 110 Å². The number of carbonyl (C=O) groups excluding carboxylic acids is 1. The third-order valence-electron chi connectivity index (χ3n) is 6.68. The molecule has 0 radical (unpaired) electrons. The molecule has 2 aliphatic heterocycles. The molecule has 0 spiro atoms. The van der Waals surface area contributed by atoms with E-state index in [0.29, 0.717) is 4.57 Å². The molecule has 2 unspecified atom stereocenters. The van der Waals surface area contributed by atoms with Gasteiger partial charge in [-0.15, -0.1) is 0 Å². The van der Waals surface area contributed by atoms with Gasteiger partial charge in [-0.25, -0.2) is 28.6 Å². The van der Waals surface area contributed by atoms with Gasteiger partial charge in [0.15, 0.2) is 36.1 Å². The van der Waals surface area contributed by atoms with Crippen LogP contribution in [0.15, 0.2) is 37.1 Å². The predicted molar refractivity (Wildman–Crippen MR) is 150 cm³/mol. The predicted octanol–water partition coefficient (Wildman–Crippen LogP) is -2.90. The number of primary amides is 1. The fraction of sp³-hybridized carbons (Fsp3) is 0.476. The number of phosphoric ester groups is 3. The average molecular weight is 748 g/mol. The molecule has 0 bridgehead atoms. The number of anilines is 1. The van der Waals surface area contributed by atoms with E-state index >= 15 is 0 Å². The maximum atomic E-state index is 12.6. The molecule has 48 heavy (non-hydrogen) atoms. The molecule has 5 heterocycles. The first-order chi connectivity index (χ1) is 24.0. The first-order valence-electron chi connectivity index (χ1n) is 15.0. The van der Waals surface area contributed by atoms with Crippen molar-refractivity contribution in [2.75, 3.05) is 18.9 Å². The molecule has 5 rings (SSSR count). The molecule has 2 saturated heterocycles. The summed E-state index contributed by atoms with van der Waals surface area (Å²) < 4.78 is 99.4. The number of hydrogen-bond acceptors (Lipinski definition) is 17. The van der Waals surface area contributed by atoms with Gasteiger partial charge in [-0.3, -0.25) is 22.9 Å². The summed E-state index contributed by atoms with van der Waals surface area (Å²) in [5.41, 5.74) is 10.1. The second kappa shape index (κ2) is 13.8. The van der Waals surface area contributed by atoms with E-state index in [0.717, 1.165) is 17.2 Å². The van der Waals surface area contributed by atoms with E-state index in [-0.39, 0.29) is 17.0 Å². The molecule has 2 aliphatic rings. The molecule has 3 aromatic rings. The molecule has 264 valence electrons. The molecular weight excluding hydrogens is 715 g/mol. The second-order valence-electron chi connectivity index (χ2n) is 9.94. The Balaban J connectivity index is 1.24. The lowest BCUT2D eigenvalue weighted by atomic mass is 10.1. The Kier molecular flexibility index (Phi) is 8.96. The van der Waals surface area contributed by atoms with Crippen LogP contribution in [0.1, 0.15) is 28.3 Å². The number of imidazole rings is 1. The minimum atomic E-state index is -5.64. The minimum Gasteiger partial charge on any atom is -0.387 e. The van der Waals surface area contributed by atoms with Gasteiger partial charge in [-0.2, -0.15) is 8.88 Å². The highest BCUT2D eigenvalue weighted by atomic mass is 31.3. The summed E-state index contributed by atoms with van der Waals surface area (Å²) in [6.45, 7) is -2.31. The highest BCUT2D eigenvalue weighted by Crippen LogP contribution is 2.61. The van der Waals surface area contributed by atoms with Gasteiger partial charge in [-0.1, -0.05) is 0 Å². The smallest absolute Gasteiger partial charge is 0.387 e. The number of hydrogen-bond donors (Lipinski definition) is 9. The molecule has 0 aromatic carbocycles. The van der Waals surface area contributed by atoms with E-state index in [1.165, 1.54) is 0 Å². The highest BCUT2D eigenvalue weighted by molar-refractivity contribution is 7.61. The van der Waals surface area contributed by atoms with Crippen LogP contribution in [0.5, 0.6) is 0 Å². The standard InChI is InChI=1S/C21H28N7O17P3/c22-17-12-19(25-7-24-17)28(8-26-12)21-16(44-46(33,34)35)14(30)11(43-21)6-41-48(38,39)45-47(36,37)40-5-10-13(29)15(31)20(42-10)27-3-1-2-9(4-27)18(23)32/h1-4,7-8,10-11,13-16,20-21,29-31H,5-6H2,(H7-,22,23,24,25,32,33,34,35,36,37,38,39)/p+1/t10-,11-,13-,14-,15-,16-,20-,21-/m1/s1/i1D,2D,3D,4D. The number of nitrogen functional groups attached to an aromatic ring is 1. The summed E-state index contributed by atoms with van der Waals surface area (Å²) in [7, 11) is -16.6. The Morgan fingerprint density at radius 3 is 2.27 bits per heavy atom. The topological polar surface area (TPSA) is 365 Å². The van der Waals surface area contributed by atoms with E-state index in [4.69, 9.17) is 26.4 Å². The molecule has 24 nitrogen and oxygen atoms in total. The zero-order chi connectivity index (χ0) is 38.7. The Morgan fingerprint density at radius 1 is 1.00 bits per heavy atom. The normalized spacial score (nSPS) is 31.5. The minimum absolute atomic E-state index is 0.0310. The molecule has 27 heteroatoms. The van der Waals surface area contributed by atoms with Crippen LogP contribution < -0.4 is 16.0 Å². The Hall–Kier alpha value is -2.86. The molecule has 10 atom stereocenters. The summed E-state index contributed by atoms with van der Waals surface area (Å²) in [6, 6.07) is -1.76. The molecular formula is C21H29N7O17P3+. The highest BCUT2D eigenvalue weighted by Gasteiger charge is 2.51. The Bertz CT molecular complexity index is 2030. The van der Waals surface area contributed by atoms with Crippen molar-refractivity contribution in [3.8, 4) is 0 Å². The first-order valence-corrected chi connectivity index (χ1v) is 17.6. The van der Waals surface area contributed by atoms with Gasteiger partial charge in [-0.05, 0) is 6.04 Å². The number of aromatic nitrogens is 5. The molecule has 3 aromatic heterocycles. The lowest BCUT2D eigenvalue weighted by Crippen LogP contribution is -2.46. The number of nitrogens with zero attached hydrogens (tertiary/aromatic N) is 5. The number of ether oxygens (including phenoxy) is 2. The van der Waals surface area contributed by atoms with Gasteiger partial charge < -0.3 is 55.8 Å². The average Bonchev–Trinajstić information content (AvgIpc) is 3.67. The molecule has 2 fully saturated rings. The second-order valence-corrected chi connectivity index (χ2v) is 14.2. The van der Waals surface area contributed by atoms with Crippen molar-refractivity contribution >= 4 is 46.4 Å². The summed E-state index contributed by atoms with van der Waals surface area (Å²) in [4.78, 5) is 62.5. The van der Waals surface area contributed by atoms with Crippen molar-refractivity contribution in [2.24, 2.45) is 5.73 Å². The molecule has 11 N–H and O–H groups in total. The quantitative estimate of drug-likeness (QED) is 0.0625. The largest absolute Gasteiger partial charge is 0.481 e. The molecule has 0 saturated carbocycles.